The molecule has 0 spiro atoms. The first-order valence-electron chi connectivity index (χ1n) is 5.63. The second-order valence-electron chi connectivity index (χ2n) is 4.31. The van der Waals surface area contributed by atoms with Gasteiger partial charge in [-0.2, -0.15) is 5.10 Å². The van der Waals surface area contributed by atoms with Crippen molar-refractivity contribution in [3.8, 4) is 0 Å². The summed E-state index contributed by atoms with van der Waals surface area (Å²) in [6.07, 6.45) is 5.15. The van der Waals surface area contributed by atoms with Gasteiger partial charge in [-0.05, 0) is 31.7 Å². The van der Waals surface area contributed by atoms with Gasteiger partial charge in [-0.25, -0.2) is 0 Å². The topological polar surface area (TPSA) is 67.2 Å². The Labute approximate surface area is 94.5 Å². The smallest absolute Gasteiger partial charge is 0.244 e. The summed E-state index contributed by atoms with van der Waals surface area (Å²) in [6, 6.07) is 1.45. The predicted molar refractivity (Wildman–Crippen MR) is 58.7 cm³/mol. The minimum absolute atomic E-state index is 0.108. The van der Waals surface area contributed by atoms with E-state index in [2.05, 4.69) is 10.4 Å². The average molecular weight is 223 g/mol. The molecule has 1 aliphatic rings. The molecule has 5 nitrogen and oxygen atoms in total. The van der Waals surface area contributed by atoms with Gasteiger partial charge in [0.1, 0.15) is 6.04 Å². The van der Waals surface area contributed by atoms with Gasteiger partial charge in [0, 0.05) is 18.9 Å². The Balaban J connectivity index is 1.78. The lowest BCUT2D eigenvalue weighted by atomic mass is 10.2. The summed E-state index contributed by atoms with van der Waals surface area (Å²) < 4.78 is 1.60. The Morgan fingerprint density at radius 1 is 1.69 bits per heavy atom. The van der Waals surface area contributed by atoms with Crippen molar-refractivity contribution < 1.29 is 9.90 Å². The second kappa shape index (κ2) is 4.65. The van der Waals surface area contributed by atoms with E-state index in [0.717, 1.165) is 12.8 Å². The zero-order valence-electron chi connectivity index (χ0n) is 9.34. The quantitative estimate of drug-likeness (QED) is 0.756. The first-order chi connectivity index (χ1) is 7.68. The van der Waals surface area contributed by atoms with Crippen LogP contribution >= 0.6 is 0 Å². The molecule has 1 amide bonds. The highest BCUT2D eigenvalue weighted by molar-refractivity contribution is 5.79. The normalized spacial score (nSPS) is 19.1. The maximum atomic E-state index is 11.7. The van der Waals surface area contributed by atoms with Crippen LogP contribution in [0.15, 0.2) is 18.5 Å². The molecule has 16 heavy (non-hydrogen) atoms. The molecule has 2 unspecified atom stereocenters. The van der Waals surface area contributed by atoms with Crippen molar-refractivity contribution in [2.75, 3.05) is 6.54 Å². The summed E-state index contributed by atoms with van der Waals surface area (Å²) in [4.78, 5) is 11.7. The summed E-state index contributed by atoms with van der Waals surface area (Å²) in [6.45, 7) is 2.13. The maximum absolute atomic E-state index is 11.7. The third-order valence-corrected chi connectivity index (χ3v) is 2.95. The molecular weight excluding hydrogens is 206 g/mol. The van der Waals surface area contributed by atoms with Gasteiger partial charge in [-0.1, -0.05) is 0 Å². The molecule has 2 rings (SSSR count). The van der Waals surface area contributed by atoms with E-state index in [1.165, 1.54) is 0 Å². The third kappa shape index (κ3) is 2.61. The van der Waals surface area contributed by atoms with Gasteiger partial charge in [0.15, 0.2) is 0 Å². The summed E-state index contributed by atoms with van der Waals surface area (Å²) >= 11 is 0. The lowest BCUT2D eigenvalue weighted by Crippen LogP contribution is -2.37. The van der Waals surface area contributed by atoms with E-state index < -0.39 is 6.10 Å². The SMILES string of the molecule is CC(C(=O)NCC(O)C1CC1)n1cccn1. The van der Waals surface area contributed by atoms with E-state index in [1.807, 2.05) is 0 Å². The zero-order chi connectivity index (χ0) is 11.5. The van der Waals surface area contributed by atoms with Crippen LogP contribution in [0, 0.1) is 5.92 Å². The van der Waals surface area contributed by atoms with Crippen LogP contribution in [0.1, 0.15) is 25.8 Å². The fourth-order valence-electron chi connectivity index (χ4n) is 1.63. The van der Waals surface area contributed by atoms with Crippen molar-refractivity contribution in [1.82, 2.24) is 15.1 Å². The van der Waals surface area contributed by atoms with Gasteiger partial charge in [-0.3, -0.25) is 9.48 Å². The van der Waals surface area contributed by atoms with Crippen molar-refractivity contribution in [1.29, 1.82) is 0 Å². The number of nitrogens with one attached hydrogen (secondary N) is 1. The first-order valence-corrected chi connectivity index (χ1v) is 5.63. The van der Waals surface area contributed by atoms with Gasteiger partial charge < -0.3 is 10.4 Å². The Morgan fingerprint density at radius 3 is 3.00 bits per heavy atom. The van der Waals surface area contributed by atoms with Crippen molar-refractivity contribution in [2.45, 2.75) is 31.9 Å². The molecule has 1 aliphatic carbocycles. The fourth-order valence-corrected chi connectivity index (χ4v) is 1.63. The van der Waals surface area contributed by atoms with Gasteiger partial charge in [0.05, 0.1) is 6.10 Å². The van der Waals surface area contributed by atoms with E-state index in [9.17, 15) is 9.90 Å². The molecule has 1 aromatic rings. The minimum Gasteiger partial charge on any atom is -0.391 e. The Morgan fingerprint density at radius 2 is 2.44 bits per heavy atom. The molecule has 2 atom stereocenters. The summed E-state index contributed by atoms with van der Waals surface area (Å²) in [5.74, 6) is 0.281. The van der Waals surface area contributed by atoms with Gasteiger partial charge in [-0.15, -0.1) is 0 Å². The first kappa shape index (κ1) is 11.1. The number of rotatable bonds is 5. The number of aliphatic hydroxyl groups is 1. The number of aliphatic hydroxyl groups excluding tert-OH is 1. The largest absolute Gasteiger partial charge is 0.391 e. The van der Waals surface area contributed by atoms with E-state index in [1.54, 1.807) is 30.1 Å². The van der Waals surface area contributed by atoms with Crippen LogP contribution in [0.5, 0.6) is 0 Å². The molecule has 0 saturated heterocycles. The Kier molecular flexibility index (Phi) is 3.24. The molecule has 88 valence electrons. The summed E-state index contributed by atoms with van der Waals surface area (Å²) in [5.41, 5.74) is 0. The summed E-state index contributed by atoms with van der Waals surface area (Å²) in [5, 5.41) is 16.4. The molecule has 0 radical (unpaired) electrons. The number of carbonyl (C=O) groups is 1. The molecule has 1 heterocycles. The molecule has 0 bridgehead atoms. The van der Waals surface area contributed by atoms with E-state index in [0.29, 0.717) is 12.5 Å². The number of hydrogen-bond acceptors (Lipinski definition) is 3. The molecule has 0 aliphatic heterocycles. The number of hydrogen-bond donors (Lipinski definition) is 2. The molecule has 2 N–H and O–H groups in total. The molecular formula is C11H17N3O2. The van der Waals surface area contributed by atoms with Crippen molar-refractivity contribution in [3.05, 3.63) is 18.5 Å². The number of aromatic nitrogens is 2. The van der Waals surface area contributed by atoms with Crippen molar-refractivity contribution in [2.24, 2.45) is 5.92 Å². The zero-order valence-corrected chi connectivity index (χ0v) is 9.34. The molecule has 1 aromatic heterocycles. The van der Waals surface area contributed by atoms with Crippen LogP contribution in [-0.2, 0) is 4.79 Å². The Hall–Kier alpha value is -1.36. The average Bonchev–Trinajstić information content (AvgIpc) is 3.00. The predicted octanol–water partition coefficient (Wildman–Crippen LogP) is 0.331. The lowest BCUT2D eigenvalue weighted by molar-refractivity contribution is -0.124. The van der Waals surface area contributed by atoms with E-state index >= 15 is 0 Å². The fraction of sp³-hybridized carbons (Fsp3) is 0.636. The number of amides is 1. The Bertz CT molecular complexity index is 346. The highest BCUT2D eigenvalue weighted by Gasteiger charge is 2.30. The molecule has 0 aromatic carbocycles. The number of carbonyl (C=O) groups excluding carboxylic acids is 1. The standard InChI is InChI=1S/C11H17N3O2/c1-8(14-6-2-5-13-14)11(16)12-7-10(15)9-3-4-9/h2,5-6,8-10,15H,3-4,7H2,1H3,(H,12,16). The highest BCUT2D eigenvalue weighted by Crippen LogP contribution is 2.32. The van der Waals surface area contributed by atoms with Crippen LogP contribution in [0.2, 0.25) is 0 Å². The second-order valence-corrected chi connectivity index (χ2v) is 4.31. The van der Waals surface area contributed by atoms with Gasteiger partial charge >= 0.3 is 0 Å². The third-order valence-electron chi connectivity index (χ3n) is 2.95. The van der Waals surface area contributed by atoms with Crippen LogP contribution in [-0.4, -0.2) is 33.4 Å². The summed E-state index contributed by atoms with van der Waals surface area (Å²) in [7, 11) is 0. The van der Waals surface area contributed by atoms with Gasteiger partial charge in [0.2, 0.25) is 5.91 Å². The minimum atomic E-state index is -0.395. The van der Waals surface area contributed by atoms with Crippen molar-refractivity contribution in [3.63, 3.8) is 0 Å². The van der Waals surface area contributed by atoms with Crippen molar-refractivity contribution >= 4 is 5.91 Å². The van der Waals surface area contributed by atoms with E-state index in [4.69, 9.17) is 0 Å². The monoisotopic (exact) mass is 223 g/mol. The van der Waals surface area contributed by atoms with Crippen LogP contribution in [0.25, 0.3) is 0 Å². The number of nitrogens with zero attached hydrogens (tertiary/aromatic N) is 2. The van der Waals surface area contributed by atoms with Crippen LogP contribution in [0.4, 0.5) is 0 Å². The highest BCUT2D eigenvalue weighted by atomic mass is 16.3. The van der Waals surface area contributed by atoms with E-state index in [-0.39, 0.29) is 11.9 Å². The van der Waals surface area contributed by atoms with Crippen LogP contribution in [0.3, 0.4) is 0 Å². The lowest BCUT2D eigenvalue weighted by Gasteiger charge is -2.15. The maximum Gasteiger partial charge on any atom is 0.244 e. The van der Waals surface area contributed by atoms with Gasteiger partial charge in [0.25, 0.3) is 0 Å². The van der Waals surface area contributed by atoms with Crippen LogP contribution < -0.4 is 5.32 Å². The molecule has 1 fully saturated rings. The molecule has 5 heteroatoms. The molecule has 1 saturated carbocycles.